The highest BCUT2D eigenvalue weighted by Gasteiger charge is 2.23. The third kappa shape index (κ3) is 3.00. The molecule has 2 heterocycles. The Balaban J connectivity index is 1.79. The summed E-state index contributed by atoms with van der Waals surface area (Å²) in [5.74, 6) is -0.234. The second kappa shape index (κ2) is 6.25. The fraction of sp³-hybridized carbons (Fsp3) is 0.375. The van der Waals surface area contributed by atoms with Crippen LogP contribution in [-0.4, -0.2) is 35.6 Å². The fourth-order valence-corrected chi connectivity index (χ4v) is 2.82. The Kier molecular flexibility index (Phi) is 4.18. The molecule has 4 nitrogen and oxygen atoms in total. The molecule has 1 atom stereocenters. The Morgan fingerprint density at radius 2 is 2.00 bits per heavy atom. The van der Waals surface area contributed by atoms with Crippen molar-refractivity contribution in [3.8, 4) is 0 Å². The molecule has 0 saturated carbocycles. The lowest BCUT2D eigenvalue weighted by atomic mass is 10.2. The lowest BCUT2D eigenvalue weighted by molar-refractivity contribution is 0.578. The fourth-order valence-electron chi connectivity index (χ4n) is 2.82. The summed E-state index contributed by atoms with van der Waals surface area (Å²) < 4.78 is 27.0. The molecule has 1 aliphatic heterocycles. The van der Waals surface area contributed by atoms with Crippen molar-refractivity contribution in [2.75, 3.05) is 29.4 Å². The minimum Gasteiger partial charge on any atom is -0.367 e. The summed E-state index contributed by atoms with van der Waals surface area (Å²) in [5.41, 5.74) is 0.453. The molecule has 2 aromatic rings. The third-order valence-corrected chi connectivity index (χ3v) is 4.05. The summed E-state index contributed by atoms with van der Waals surface area (Å²) in [5, 5.41) is 0. The van der Waals surface area contributed by atoms with E-state index < -0.39 is 11.6 Å². The second-order valence-electron chi connectivity index (χ2n) is 5.48. The van der Waals surface area contributed by atoms with Crippen molar-refractivity contribution in [1.29, 1.82) is 0 Å². The smallest absolute Gasteiger partial charge is 0.149 e. The van der Waals surface area contributed by atoms with Gasteiger partial charge >= 0.3 is 0 Å². The lowest BCUT2D eigenvalue weighted by Crippen LogP contribution is -2.35. The maximum atomic E-state index is 14.0. The Bertz CT molecular complexity index is 635. The summed E-state index contributed by atoms with van der Waals surface area (Å²) in [6.45, 7) is 4.22. The van der Waals surface area contributed by atoms with Gasteiger partial charge in [0.15, 0.2) is 0 Å². The van der Waals surface area contributed by atoms with E-state index in [1.807, 2.05) is 4.90 Å². The van der Waals surface area contributed by atoms with Crippen LogP contribution in [0.3, 0.4) is 0 Å². The van der Waals surface area contributed by atoms with Crippen LogP contribution in [0.2, 0.25) is 0 Å². The van der Waals surface area contributed by atoms with Gasteiger partial charge in [0.1, 0.15) is 17.5 Å². The van der Waals surface area contributed by atoms with E-state index in [1.165, 1.54) is 12.1 Å². The number of aromatic nitrogens is 2. The zero-order valence-electron chi connectivity index (χ0n) is 12.4. The molecule has 1 aromatic heterocycles. The highest BCUT2D eigenvalue weighted by molar-refractivity contribution is 5.49. The summed E-state index contributed by atoms with van der Waals surface area (Å²) in [6, 6.07) is 4.02. The number of benzene rings is 1. The van der Waals surface area contributed by atoms with Crippen LogP contribution in [-0.2, 0) is 0 Å². The average Bonchev–Trinajstić information content (AvgIpc) is 2.70. The first-order valence-corrected chi connectivity index (χ1v) is 7.38. The largest absolute Gasteiger partial charge is 0.367 e. The van der Waals surface area contributed by atoms with Gasteiger partial charge in [-0.25, -0.2) is 13.8 Å². The van der Waals surface area contributed by atoms with Crippen LogP contribution in [0.25, 0.3) is 0 Å². The van der Waals surface area contributed by atoms with Crippen LogP contribution in [0.4, 0.5) is 20.3 Å². The first kappa shape index (κ1) is 14.7. The van der Waals surface area contributed by atoms with E-state index in [-0.39, 0.29) is 6.04 Å². The summed E-state index contributed by atoms with van der Waals surface area (Å²) in [7, 11) is 0. The zero-order chi connectivity index (χ0) is 15.5. The van der Waals surface area contributed by atoms with Crippen LogP contribution >= 0.6 is 0 Å². The summed E-state index contributed by atoms with van der Waals surface area (Å²) in [6.07, 6.45) is 5.93. The number of halogens is 2. The molecule has 0 aliphatic carbocycles. The molecular weight excluding hydrogens is 286 g/mol. The maximum Gasteiger partial charge on any atom is 0.149 e. The average molecular weight is 304 g/mol. The topological polar surface area (TPSA) is 32.3 Å². The van der Waals surface area contributed by atoms with Crippen molar-refractivity contribution < 1.29 is 8.78 Å². The molecule has 0 amide bonds. The van der Waals surface area contributed by atoms with E-state index in [4.69, 9.17) is 0 Å². The second-order valence-corrected chi connectivity index (χ2v) is 5.48. The molecule has 0 N–H and O–H groups in total. The van der Waals surface area contributed by atoms with Gasteiger partial charge in [0.05, 0.1) is 11.9 Å². The standard InChI is InChI=1S/C16H18F2N4/c1-12-4-7-21(15-3-2-13(17)10-14(15)18)8-9-22(12)16-11-19-5-6-20-16/h2-3,5-6,10-12H,4,7-9H2,1H3. The number of hydrogen-bond acceptors (Lipinski definition) is 4. The van der Waals surface area contributed by atoms with E-state index in [1.54, 1.807) is 18.6 Å². The normalized spacial score (nSPS) is 19.1. The van der Waals surface area contributed by atoms with Gasteiger partial charge in [0, 0.05) is 44.1 Å². The van der Waals surface area contributed by atoms with Gasteiger partial charge in [-0.1, -0.05) is 0 Å². The van der Waals surface area contributed by atoms with Gasteiger partial charge in [0.25, 0.3) is 0 Å². The Morgan fingerprint density at radius 3 is 2.73 bits per heavy atom. The summed E-state index contributed by atoms with van der Waals surface area (Å²) in [4.78, 5) is 12.6. The molecule has 22 heavy (non-hydrogen) atoms. The lowest BCUT2D eigenvalue weighted by Gasteiger charge is -2.27. The number of rotatable bonds is 2. The quantitative estimate of drug-likeness (QED) is 0.854. The van der Waals surface area contributed by atoms with Crippen molar-refractivity contribution in [2.45, 2.75) is 19.4 Å². The first-order valence-electron chi connectivity index (χ1n) is 7.38. The monoisotopic (exact) mass is 304 g/mol. The van der Waals surface area contributed by atoms with Gasteiger partial charge in [-0.05, 0) is 25.5 Å². The molecule has 0 radical (unpaired) electrons. The zero-order valence-corrected chi connectivity index (χ0v) is 12.4. The Morgan fingerprint density at radius 1 is 1.14 bits per heavy atom. The minimum absolute atomic E-state index is 0.283. The van der Waals surface area contributed by atoms with E-state index in [2.05, 4.69) is 21.8 Å². The predicted octanol–water partition coefficient (Wildman–Crippen LogP) is 2.86. The molecule has 0 spiro atoms. The van der Waals surface area contributed by atoms with Crippen molar-refractivity contribution >= 4 is 11.5 Å². The first-order chi connectivity index (χ1) is 10.6. The molecule has 1 fully saturated rings. The number of anilines is 2. The molecule has 1 aliphatic rings. The number of hydrogen-bond donors (Lipinski definition) is 0. The van der Waals surface area contributed by atoms with Crippen molar-refractivity contribution in [2.24, 2.45) is 0 Å². The van der Waals surface area contributed by atoms with Gasteiger partial charge in [-0.2, -0.15) is 0 Å². The molecular formula is C16H18F2N4. The van der Waals surface area contributed by atoms with E-state index in [0.717, 1.165) is 31.4 Å². The van der Waals surface area contributed by atoms with Gasteiger partial charge < -0.3 is 9.80 Å². The molecule has 116 valence electrons. The molecule has 1 aromatic carbocycles. The highest BCUT2D eigenvalue weighted by Crippen LogP contribution is 2.24. The predicted molar refractivity (Wildman–Crippen MR) is 82.0 cm³/mol. The maximum absolute atomic E-state index is 14.0. The number of nitrogens with zero attached hydrogens (tertiary/aromatic N) is 4. The minimum atomic E-state index is -0.550. The molecule has 1 saturated heterocycles. The third-order valence-electron chi connectivity index (χ3n) is 4.05. The van der Waals surface area contributed by atoms with Crippen LogP contribution in [0, 0.1) is 11.6 Å². The highest BCUT2D eigenvalue weighted by atomic mass is 19.1. The van der Waals surface area contributed by atoms with Crippen LogP contribution in [0.15, 0.2) is 36.8 Å². The van der Waals surface area contributed by atoms with E-state index in [9.17, 15) is 8.78 Å². The van der Waals surface area contributed by atoms with E-state index >= 15 is 0 Å². The van der Waals surface area contributed by atoms with Gasteiger partial charge in [0.2, 0.25) is 0 Å². The molecule has 6 heteroatoms. The van der Waals surface area contributed by atoms with Crippen LogP contribution in [0.5, 0.6) is 0 Å². The van der Waals surface area contributed by atoms with Crippen molar-refractivity contribution in [3.05, 3.63) is 48.4 Å². The molecule has 1 unspecified atom stereocenters. The van der Waals surface area contributed by atoms with Crippen molar-refractivity contribution in [1.82, 2.24) is 9.97 Å². The SMILES string of the molecule is CC1CCN(c2ccc(F)cc2F)CCN1c1cnccn1. The van der Waals surface area contributed by atoms with Gasteiger partial charge in [-0.15, -0.1) is 0 Å². The van der Waals surface area contributed by atoms with E-state index in [0.29, 0.717) is 12.2 Å². The molecule has 3 rings (SSSR count). The van der Waals surface area contributed by atoms with Crippen LogP contribution in [0.1, 0.15) is 13.3 Å². The van der Waals surface area contributed by atoms with Crippen molar-refractivity contribution in [3.63, 3.8) is 0 Å². The van der Waals surface area contributed by atoms with Gasteiger partial charge in [-0.3, -0.25) is 4.98 Å². The van der Waals surface area contributed by atoms with Crippen LogP contribution < -0.4 is 9.80 Å². The summed E-state index contributed by atoms with van der Waals surface area (Å²) >= 11 is 0. The Labute approximate surface area is 128 Å². The molecule has 0 bridgehead atoms. The Hall–Kier alpha value is -2.24.